The zero-order chi connectivity index (χ0) is 24.3. The van der Waals surface area contributed by atoms with Crippen LogP contribution >= 0.6 is 0 Å². The van der Waals surface area contributed by atoms with E-state index in [4.69, 9.17) is 0 Å². The van der Waals surface area contributed by atoms with Crippen LogP contribution < -0.4 is 15.8 Å². The van der Waals surface area contributed by atoms with Gasteiger partial charge in [-0.1, -0.05) is 12.1 Å². The zero-order valence-electron chi connectivity index (χ0n) is 17.5. The number of hydrogen-bond acceptors (Lipinski definition) is 7. The number of alkyl halides is 3. The summed E-state index contributed by atoms with van der Waals surface area (Å²) in [6.45, 7) is 1.05. The summed E-state index contributed by atoms with van der Waals surface area (Å²) in [5.74, 6) is -0.882. The van der Waals surface area contributed by atoms with Crippen molar-refractivity contribution >= 4 is 23.6 Å². The molecule has 2 amide bonds. The van der Waals surface area contributed by atoms with Crippen molar-refractivity contribution < 1.29 is 22.8 Å². The number of anilines is 2. The summed E-state index contributed by atoms with van der Waals surface area (Å²) in [6.07, 6.45) is -3.38. The number of rotatable bonds is 4. The molecular formula is C21H18F3N7O3. The zero-order valence-corrected chi connectivity index (χ0v) is 17.5. The summed E-state index contributed by atoms with van der Waals surface area (Å²) in [5.41, 5.74) is -1.77. The molecule has 3 heterocycles. The monoisotopic (exact) mass is 473 g/mol. The van der Waals surface area contributed by atoms with Crippen LogP contribution in [0.3, 0.4) is 0 Å². The van der Waals surface area contributed by atoms with Crippen LogP contribution in [0.4, 0.5) is 24.9 Å². The van der Waals surface area contributed by atoms with Crippen molar-refractivity contribution in [3.63, 3.8) is 0 Å². The van der Waals surface area contributed by atoms with Crippen LogP contribution in [-0.2, 0) is 6.18 Å². The van der Waals surface area contributed by atoms with E-state index in [-0.39, 0.29) is 30.3 Å². The second kappa shape index (κ2) is 9.29. The summed E-state index contributed by atoms with van der Waals surface area (Å²) in [5, 5.41) is 10.3. The third-order valence-electron chi connectivity index (χ3n) is 5.14. The minimum absolute atomic E-state index is 0.00664. The van der Waals surface area contributed by atoms with Gasteiger partial charge in [0, 0.05) is 38.4 Å². The average molecular weight is 473 g/mol. The highest BCUT2D eigenvalue weighted by molar-refractivity contribution is 6.01. The number of carbonyl (C=O) groups is 2. The number of benzene rings is 1. The molecule has 0 saturated carbocycles. The molecule has 176 valence electrons. The molecule has 1 fully saturated rings. The van der Waals surface area contributed by atoms with Gasteiger partial charge < -0.3 is 9.80 Å². The number of hydrogen-bond donors (Lipinski definition) is 2. The van der Waals surface area contributed by atoms with Gasteiger partial charge in [-0.25, -0.2) is 4.98 Å². The van der Waals surface area contributed by atoms with Crippen LogP contribution in [0, 0.1) is 0 Å². The number of aromatic amines is 1. The molecule has 2 aromatic heterocycles. The normalized spacial score (nSPS) is 14.1. The van der Waals surface area contributed by atoms with Crippen LogP contribution in [0.25, 0.3) is 0 Å². The lowest BCUT2D eigenvalue weighted by Crippen LogP contribution is -2.49. The van der Waals surface area contributed by atoms with Gasteiger partial charge in [-0.2, -0.15) is 13.2 Å². The number of nitrogens with zero attached hydrogens (tertiary/aromatic N) is 5. The molecule has 34 heavy (non-hydrogen) atoms. The maximum absolute atomic E-state index is 13.2. The Morgan fingerprint density at radius 3 is 2.35 bits per heavy atom. The van der Waals surface area contributed by atoms with Gasteiger partial charge in [-0.15, -0.1) is 10.2 Å². The third-order valence-corrected chi connectivity index (χ3v) is 5.14. The minimum atomic E-state index is -4.62. The first-order valence-corrected chi connectivity index (χ1v) is 10.1. The first-order valence-electron chi connectivity index (χ1n) is 10.1. The van der Waals surface area contributed by atoms with Gasteiger partial charge in [0.1, 0.15) is 0 Å². The highest BCUT2D eigenvalue weighted by Gasteiger charge is 2.36. The SMILES string of the molecule is O=C(Nc1nccc(=O)[nH]1)c1ccc(N2CCN(C(=O)c3ccccc3C(F)(F)F)CC2)nn1. The Hall–Kier alpha value is -4.29. The maximum Gasteiger partial charge on any atom is 0.417 e. The second-order valence-corrected chi connectivity index (χ2v) is 7.34. The molecular weight excluding hydrogens is 455 g/mol. The molecule has 0 radical (unpaired) electrons. The summed E-state index contributed by atoms with van der Waals surface area (Å²) in [7, 11) is 0. The molecule has 1 aliphatic rings. The van der Waals surface area contributed by atoms with Gasteiger partial charge in [0.2, 0.25) is 5.95 Å². The van der Waals surface area contributed by atoms with Crippen LogP contribution in [-0.4, -0.2) is 63.1 Å². The van der Waals surface area contributed by atoms with Crippen LogP contribution in [0.2, 0.25) is 0 Å². The first kappa shape index (κ1) is 22.9. The van der Waals surface area contributed by atoms with Crippen LogP contribution in [0.5, 0.6) is 0 Å². The number of piperazine rings is 1. The van der Waals surface area contributed by atoms with Gasteiger partial charge in [-0.05, 0) is 24.3 Å². The molecule has 2 N–H and O–H groups in total. The first-order chi connectivity index (χ1) is 16.2. The van der Waals surface area contributed by atoms with Gasteiger partial charge in [0.25, 0.3) is 17.4 Å². The van der Waals surface area contributed by atoms with E-state index in [1.807, 2.05) is 4.90 Å². The number of amides is 2. The Morgan fingerprint density at radius 2 is 1.71 bits per heavy atom. The predicted molar refractivity (Wildman–Crippen MR) is 114 cm³/mol. The number of nitrogens with one attached hydrogen (secondary N) is 2. The topological polar surface area (TPSA) is 124 Å². The van der Waals surface area contributed by atoms with Gasteiger partial charge in [0.15, 0.2) is 11.5 Å². The summed E-state index contributed by atoms with van der Waals surface area (Å²) in [4.78, 5) is 45.6. The van der Waals surface area contributed by atoms with E-state index in [1.165, 1.54) is 41.4 Å². The summed E-state index contributed by atoms with van der Waals surface area (Å²) >= 11 is 0. The molecule has 3 aromatic rings. The Morgan fingerprint density at radius 1 is 0.971 bits per heavy atom. The van der Waals surface area contributed by atoms with Crippen molar-refractivity contribution in [3.05, 3.63) is 75.8 Å². The van der Waals surface area contributed by atoms with Crippen molar-refractivity contribution in [2.45, 2.75) is 6.18 Å². The lowest BCUT2D eigenvalue weighted by Gasteiger charge is -2.35. The Bertz CT molecular complexity index is 1250. The molecule has 4 rings (SSSR count). The van der Waals surface area contributed by atoms with Crippen molar-refractivity contribution in [1.82, 2.24) is 25.1 Å². The van der Waals surface area contributed by atoms with E-state index >= 15 is 0 Å². The van der Waals surface area contributed by atoms with E-state index in [1.54, 1.807) is 6.07 Å². The van der Waals surface area contributed by atoms with Gasteiger partial charge >= 0.3 is 6.18 Å². The fraction of sp³-hybridized carbons (Fsp3) is 0.238. The number of carbonyl (C=O) groups excluding carboxylic acids is 2. The van der Waals surface area contributed by atoms with E-state index in [2.05, 4.69) is 25.5 Å². The van der Waals surface area contributed by atoms with Crippen LogP contribution in [0.15, 0.2) is 53.5 Å². The fourth-order valence-corrected chi connectivity index (χ4v) is 3.45. The summed E-state index contributed by atoms with van der Waals surface area (Å²) in [6, 6.07) is 8.92. The lowest BCUT2D eigenvalue weighted by atomic mass is 10.1. The van der Waals surface area contributed by atoms with Gasteiger partial charge in [-0.3, -0.25) is 24.7 Å². The van der Waals surface area contributed by atoms with Crippen LogP contribution in [0.1, 0.15) is 26.4 Å². The predicted octanol–water partition coefficient (Wildman–Crippen LogP) is 1.79. The number of halogens is 3. The highest BCUT2D eigenvalue weighted by atomic mass is 19.4. The standard InChI is InChI=1S/C21H18F3N7O3/c22-21(23,24)14-4-2-1-3-13(14)19(34)31-11-9-30(10-12-31)16-6-5-15(28-29-16)18(33)27-20-25-8-7-17(32)26-20/h1-8H,9-12H2,(H2,25,26,27,32,33). The lowest BCUT2D eigenvalue weighted by molar-refractivity contribution is -0.138. The minimum Gasteiger partial charge on any atom is -0.352 e. The van der Waals surface area contributed by atoms with Crippen molar-refractivity contribution in [1.29, 1.82) is 0 Å². The largest absolute Gasteiger partial charge is 0.417 e. The molecule has 1 saturated heterocycles. The number of aromatic nitrogens is 4. The third kappa shape index (κ3) is 5.03. The Balaban J connectivity index is 1.38. The second-order valence-electron chi connectivity index (χ2n) is 7.34. The fourth-order valence-electron chi connectivity index (χ4n) is 3.45. The maximum atomic E-state index is 13.2. The van der Waals surface area contributed by atoms with Crippen molar-refractivity contribution in [2.24, 2.45) is 0 Å². The average Bonchev–Trinajstić information content (AvgIpc) is 2.83. The molecule has 0 atom stereocenters. The van der Waals surface area contributed by atoms with Gasteiger partial charge in [0.05, 0.1) is 11.1 Å². The van der Waals surface area contributed by atoms with E-state index < -0.39 is 29.1 Å². The molecule has 0 unspecified atom stereocenters. The molecule has 1 aromatic carbocycles. The Labute approximate surface area is 190 Å². The van der Waals surface area contributed by atoms with E-state index in [0.717, 1.165) is 6.07 Å². The molecule has 10 nitrogen and oxygen atoms in total. The van der Waals surface area contributed by atoms with E-state index in [0.29, 0.717) is 18.9 Å². The number of H-pyrrole nitrogens is 1. The molecule has 0 aliphatic carbocycles. The van der Waals surface area contributed by atoms with E-state index in [9.17, 15) is 27.6 Å². The summed E-state index contributed by atoms with van der Waals surface area (Å²) < 4.78 is 39.7. The van der Waals surface area contributed by atoms with Crippen molar-refractivity contribution in [3.8, 4) is 0 Å². The Kier molecular flexibility index (Phi) is 6.25. The molecule has 13 heteroatoms. The molecule has 0 bridgehead atoms. The quantitative estimate of drug-likeness (QED) is 0.592. The highest BCUT2D eigenvalue weighted by Crippen LogP contribution is 2.32. The molecule has 1 aliphatic heterocycles. The molecule has 0 spiro atoms. The smallest absolute Gasteiger partial charge is 0.352 e. The van der Waals surface area contributed by atoms with Crippen molar-refractivity contribution in [2.75, 3.05) is 36.4 Å².